The lowest BCUT2D eigenvalue weighted by Gasteiger charge is -2.32. The van der Waals surface area contributed by atoms with Crippen LogP contribution in [0, 0.1) is 0 Å². The number of nitrogens with two attached hydrogens (primary N) is 1. The summed E-state index contributed by atoms with van der Waals surface area (Å²) in [6.45, 7) is 0.723. The first-order valence-corrected chi connectivity index (χ1v) is 9.42. The lowest BCUT2D eigenvalue weighted by molar-refractivity contribution is -0.123. The zero-order valence-electron chi connectivity index (χ0n) is 15.5. The molecule has 2 amide bonds. The number of primary amides is 1. The van der Waals surface area contributed by atoms with Gasteiger partial charge >= 0.3 is 0 Å². The SMILES string of the molecule is NC(=O)C1CCCCN1C(=O)c1ccc(COc2ccc3ccccc3c2)o1. The molecule has 2 heterocycles. The van der Waals surface area contributed by atoms with Gasteiger partial charge in [0.25, 0.3) is 5.91 Å². The van der Waals surface area contributed by atoms with Gasteiger partial charge in [-0.25, -0.2) is 0 Å². The molecular weight excluding hydrogens is 356 g/mol. The van der Waals surface area contributed by atoms with Crippen molar-refractivity contribution in [2.45, 2.75) is 31.9 Å². The third kappa shape index (κ3) is 3.71. The molecule has 1 aliphatic rings. The van der Waals surface area contributed by atoms with Crippen LogP contribution in [0.5, 0.6) is 5.75 Å². The highest BCUT2D eigenvalue weighted by molar-refractivity contribution is 5.95. The molecule has 1 fully saturated rings. The summed E-state index contributed by atoms with van der Waals surface area (Å²) in [7, 11) is 0. The number of hydrogen-bond acceptors (Lipinski definition) is 4. The van der Waals surface area contributed by atoms with Crippen molar-refractivity contribution in [1.82, 2.24) is 4.90 Å². The minimum absolute atomic E-state index is 0.199. The summed E-state index contributed by atoms with van der Waals surface area (Å²) < 4.78 is 11.5. The van der Waals surface area contributed by atoms with Crippen molar-refractivity contribution >= 4 is 22.6 Å². The molecule has 2 N–H and O–H groups in total. The fourth-order valence-corrected chi connectivity index (χ4v) is 3.59. The minimum Gasteiger partial charge on any atom is -0.486 e. The van der Waals surface area contributed by atoms with Crippen molar-refractivity contribution in [1.29, 1.82) is 0 Å². The van der Waals surface area contributed by atoms with E-state index in [4.69, 9.17) is 14.9 Å². The Labute approximate surface area is 162 Å². The molecule has 4 rings (SSSR count). The number of fused-ring (bicyclic) bond motifs is 1. The molecule has 1 atom stereocenters. The molecule has 6 heteroatoms. The van der Waals surface area contributed by atoms with Crippen LogP contribution in [0.15, 0.2) is 59.0 Å². The van der Waals surface area contributed by atoms with E-state index in [1.807, 2.05) is 42.5 Å². The van der Waals surface area contributed by atoms with Gasteiger partial charge in [-0.15, -0.1) is 0 Å². The van der Waals surface area contributed by atoms with E-state index in [1.54, 1.807) is 12.1 Å². The fourth-order valence-electron chi connectivity index (χ4n) is 3.59. The number of furan rings is 1. The average Bonchev–Trinajstić information content (AvgIpc) is 3.20. The van der Waals surface area contributed by atoms with E-state index in [-0.39, 0.29) is 18.3 Å². The van der Waals surface area contributed by atoms with Gasteiger partial charge in [0.2, 0.25) is 5.91 Å². The molecule has 0 spiro atoms. The van der Waals surface area contributed by atoms with Crippen molar-refractivity contribution < 1.29 is 18.7 Å². The first-order valence-electron chi connectivity index (χ1n) is 9.42. The molecule has 0 bridgehead atoms. The zero-order valence-corrected chi connectivity index (χ0v) is 15.5. The van der Waals surface area contributed by atoms with Crippen LogP contribution in [0.25, 0.3) is 10.8 Å². The van der Waals surface area contributed by atoms with Gasteiger partial charge in [0.15, 0.2) is 5.76 Å². The quantitative estimate of drug-likeness (QED) is 0.736. The molecule has 0 saturated carbocycles. The Morgan fingerprint density at radius 1 is 1.07 bits per heavy atom. The van der Waals surface area contributed by atoms with Crippen LogP contribution in [0.1, 0.15) is 35.6 Å². The fraction of sp³-hybridized carbons (Fsp3) is 0.273. The van der Waals surface area contributed by atoms with Crippen molar-refractivity contribution in [3.63, 3.8) is 0 Å². The van der Waals surface area contributed by atoms with Crippen LogP contribution in [-0.2, 0) is 11.4 Å². The van der Waals surface area contributed by atoms with Crippen LogP contribution in [-0.4, -0.2) is 29.3 Å². The number of benzene rings is 2. The number of likely N-dealkylation sites (tertiary alicyclic amines) is 1. The standard InChI is InChI=1S/C22H22N2O4/c23-21(25)19-7-3-4-12-24(19)22(26)20-11-10-18(28-20)14-27-17-9-8-15-5-1-2-6-16(15)13-17/h1-2,5-6,8-11,13,19H,3-4,7,12,14H2,(H2,23,25). The molecule has 0 aliphatic carbocycles. The highest BCUT2D eigenvalue weighted by Gasteiger charge is 2.32. The van der Waals surface area contributed by atoms with Crippen LogP contribution < -0.4 is 10.5 Å². The molecule has 6 nitrogen and oxygen atoms in total. The highest BCUT2D eigenvalue weighted by Crippen LogP contribution is 2.23. The highest BCUT2D eigenvalue weighted by atomic mass is 16.5. The van der Waals surface area contributed by atoms with Crippen molar-refractivity contribution in [3.8, 4) is 5.75 Å². The number of hydrogen-bond donors (Lipinski definition) is 1. The van der Waals surface area contributed by atoms with Crippen LogP contribution in [0.2, 0.25) is 0 Å². The molecule has 1 aromatic heterocycles. The summed E-state index contributed by atoms with van der Waals surface area (Å²) in [5, 5.41) is 2.24. The van der Waals surface area contributed by atoms with Crippen molar-refractivity contribution in [2.24, 2.45) is 5.73 Å². The second kappa shape index (κ2) is 7.76. The molecule has 1 aliphatic heterocycles. The maximum Gasteiger partial charge on any atom is 0.290 e. The Morgan fingerprint density at radius 3 is 2.71 bits per heavy atom. The third-order valence-corrected chi connectivity index (χ3v) is 5.07. The number of nitrogens with zero attached hydrogens (tertiary/aromatic N) is 1. The van der Waals surface area contributed by atoms with Crippen molar-refractivity contribution in [3.05, 3.63) is 66.1 Å². The number of amides is 2. The second-order valence-electron chi connectivity index (χ2n) is 6.98. The second-order valence-corrected chi connectivity index (χ2v) is 6.98. The first-order chi connectivity index (χ1) is 13.6. The van der Waals surface area contributed by atoms with Gasteiger partial charge in [-0.05, 0) is 54.3 Å². The summed E-state index contributed by atoms with van der Waals surface area (Å²) in [5.74, 6) is 0.696. The molecule has 1 saturated heterocycles. The number of carbonyl (C=O) groups excluding carboxylic acids is 2. The van der Waals surface area contributed by atoms with E-state index in [0.717, 1.165) is 29.4 Å². The summed E-state index contributed by atoms with van der Waals surface area (Å²) in [5.41, 5.74) is 5.45. The van der Waals surface area contributed by atoms with Gasteiger partial charge in [-0.2, -0.15) is 0 Å². The van der Waals surface area contributed by atoms with E-state index >= 15 is 0 Å². The van der Waals surface area contributed by atoms with Gasteiger partial charge < -0.3 is 19.8 Å². The Morgan fingerprint density at radius 2 is 1.89 bits per heavy atom. The average molecular weight is 378 g/mol. The van der Waals surface area contributed by atoms with Gasteiger partial charge in [-0.1, -0.05) is 30.3 Å². The number of rotatable bonds is 5. The topological polar surface area (TPSA) is 85.8 Å². The number of piperidine rings is 1. The summed E-state index contributed by atoms with van der Waals surface area (Å²) in [6, 6.07) is 16.7. The van der Waals surface area contributed by atoms with Crippen LogP contribution in [0.4, 0.5) is 0 Å². The maximum atomic E-state index is 12.7. The van der Waals surface area contributed by atoms with Gasteiger partial charge in [-0.3, -0.25) is 9.59 Å². The first kappa shape index (κ1) is 18.1. The van der Waals surface area contributed by atoms with E-state index in [1.165, 1.54) is 4.90 Å². The minimum atomic E-state index is -0.566. The van der Waals surface area contributed by atoms with Crippen LogP contribution >= 0.6 is 0 Å². The molecule has 0 radical (unpaired) electrons. The smallest absolute Gasteiger partial charge is 0.290 e. The van der Waals surface area contributed by atoms with E-state index in [9.17, 15) is 9.59 Å². The van der Waals surface area contributed by atoms with E-state index in [2.05, 4.69) is 0 Å². The number of carbonyl (C=O) groups is 2. The summed E-state index contributed by atoms with van der Waals surface area (Å²) >= 11 is 0. The lowest BCUT2D eigenvalue weighted by Crippen LogP contribution is -2.50. The van der Waals surface area contributed by atoms with Gasteiger partial charge in [0.05, 0.1) is 0 Å². The summed E-state index contributed by atoms with van der Waals surface area (Å²) in [6.07, 6.45) is 2.34. The molecule has 144 valence electrons. The van der Waals surface area contributed by atoms with E-state index < -0.39 is 11.9 Å². The van der Waals surface area contributed by atoms with Crippen LogP contribution in [0.3, 0.4) is 0 Å². The normalized spacial score (nSPS) is 16.9. The van der Waals surface area contributed by atoms with Crippen molar-refractivity contribution in [2.75, 3.05) is 6.54 Å². The Balaban J connectivity index is 1.43. The molecule has 1 unspecified atom stereocenters. The Kier molecular flexibility index (Phi) is 5.02. The molecule has 28 heavy (non-hydrogen) atoms. The molecule has 2 aromatic carbocycles. The molecule has 3 aromatic rings. The van der Waals surface area contributed by atoms with E-state index in [0.29, 0.717) is 18.7 Å². The third-order valence-electron chi connectivity index (χ3n) is 5.07. The predicted octanol–water partition coefficient (Wildman–Crippen LogP) is 3.49. The predicted molar refractivity (Wildman–Crippen MR) is 105 cm³/mol. The number of ether oxygens (including phenoxy) is 1. The Bertz CT molecular complexity index is 1010. The Hall–Kier alpha value is -3.28. The van der Waals surface area contributed by atoms with Gasteiger partial charge in [0.1, 0.15) is 24.2 Å². The lowest BCUT2D eigenvalue weighted by atomic mass is 10.0. The summed E-state index contributed by atoms with van der Waals surface area (Å²) in [4.78, 5) is 25.9. The molecular formula is C22H22N2O4. The zero-order chi connectivity index (χ0) is 19.5. The largest absolute Gasteiger partial charge is 0.486 e. The van der Waals surface area contributed by atoms with Gasteiger partial charge in [0, 0.05) is 6.54 Å². The monoisotopic (exact) mass is 378 g/mol. The maximum absolute atomic E-state index is 12.7.